The Morgan fingerprint density at radius 3 is 2.50 bits per heavy atom. The number of hydrogen-bond donors (Lipinski definition) is 2. The number of imidazole rings is 1. The summed E-state index contributed by atoms with van der Waals surface area (Å²) < 4.78 is 2.76. The molecule has 0 amide bonds. The maximum atomic E-state index is 5.48. The van der Waals surface area contributed by atoms with Gasteiger partial charge in [0, 0.05) is 0 Å². The van der Waals surface area contributed by atoms with E-state index in [4.69, 9.17) is 23.3 Å². The standard InChI is InChI=1S/C4H8ClN4.ClH/c5-3-4-8(6)1-2-9(4)7;/h1-2H,3,6-7H2;1H/q+1;/p-1. The van der Waals surface area contributed by atoms with Crippen molar-refractivity contribution in [1.82, 2.24) is 4.68 Å². The van der Waals surface area contributed by atoms with Crippen molar-refractivity contribution in [3.05, 3.63) is 18.2 Å². The van der Waals surface area contributed by atoms with E-state index in [9.17, 15) is 0 Å². The summed E-state index contributed by atoms with van der Waals surface area (Å²) in [5, 5.41) is 0. The summed E-state index contributed by atoms with van der Waals surface area (Å²) in [6.07, 6.45) is 3.27. The molecule has 0 aromatic carbocycles. The van der Waals surface area contributed by atoms with Crippen LogP contribution in [0.2, 0.25) is 0 Å². The van der Waals surface area contributed by atoms with Crippen LogP contribution in [0.15, 0.2) is 12.4 Å². The zero-order valence-electron chi connectivity index (χ0n) is 5.17. The highest BCUT2D eigenvalue weighted by atomic mass is 35.5. The number of nitrogen functional groups attached to an aromatic ring is 2. The molecule has 0 unspecified atom stereocenters. The molecule has 0 saturated heterocycles. The molecule has 4 nitrogen and oxygen atoms in total. The first-order chi connectivity index (χ1) is 4.25. The average Bonchev–Trinajstić information content (AvgIpc) is 2.12. The highest BCUT2D eigenvalue weighted by Crippen LogP contribution is 1.91. The van der Waals surface area contributed by atoms with Gasteiger partial charge in [-0.15, -0.1) is 21.0 Å². The molecule has 1 rings (SSSR count). The molecule has 0 saturated carbocycles. The number of rotatable bonds is 1. The summed E-state index contributed by atoms with van der Waals surface area (Å²) in [6, 6.07) is 0. The quantitative estimate of drug-likeness (QED) is 0.264. The first-order valence-corrected chi connectivity index (χ1v) is 2.97. The second kappa shape index (κ2) is 3.53. The van der Waals surface area contributed by atoms with Gasteiger partial charge in [0.2, 0.25) is 0 Å². The van der Waals surface area contributed by atoms with Crippen molar-refractivity contribution in [1.29, 1.82) is 0 Å². The fourth-order valence-corrected chi connectivity index (χ4v) is 0.863. The third-order valence-electron chi connectivity index (χ3n) is 1.10. The Morgan fingerprint density at radius 1 is 1.70 bits per heavy atom. The van der Waals surface area contributed by atoms with Crippen molar-refractivity contribution in [2.45, 2.75) is 5.88 Å². The van der Waals surface area contributed by atoms with Crippen molar-refractivity contribution in [2.24, 2.45) is 0 Å². The molecular formula is C4H8Cl2N4. The molecule has 0 atom stereocenters. The lowest BCUT2D eigenvalue weighted by molar-refractivity contribution is -0.645. The van der Waals surface area contributed by atoms with Gasteiger partial charge in [0.05, 0.1) is 0 Å². The molecule has 4 N–H and O–H groups in total. The van der Waals surface area contributed by atoms with E-state index >= 15 is 0 Å². The second-order valence-electron chi connectivity index (χ2n) is 1.66. The highest BCUT2D eigenvalue weighted by molar-refractivity contribution is 6.16. The molecule has 0 radical (unpaired) electrons. The smallest absolute Gasteiger partial charge is 0.317 e. The molecule has 0 aliphatic carbocycles. The van der Waals surface area contributed by atoms with E-state index in [2.05, 4.69) is 0 Å². The Balaban J connectivity index is 0.000000810. The van der Waals surface area contributed by atoms with Crippen LogP contribution in [0.1, 0.15) is 5.82 Å². The molecule has 10 heavy (non-hydrogen) atoms. The van der Waals surface area contributed by atoms with E-state index in [0.29, 0.717) is 11.7 Å². The Morgan fingerprint density at radius 2 is 2.30 bits per heavy atom. The third kappa shape index (κ3) is 1.46. The third-order valence-corrected chi connectivity index (χ3v) is 1.34. The Kier molecular flexibility index (Phi) is 3.32. The van der Waals surface area contributed by atoms with Crippen LogP contribution in [0.4, 0.5) is 0 Å². The van der Waals surface area contributed by atoms with Gasteiger partial charge in [-0.05, 0) is 0 Å². The SMILES string of the molecule is Nn1cc[n+](N)c1CCl.[Cl-]. The molecule has 0 aliphatic heterocycles. The lowest BCUT2D eigenvalue weighted by Gasteiger charge is -1.88. The van der Waals surface area contributed by atoms with Crippen LogP contribution in [0.3, 0.4) is 0 Å². The maximum Gasteiger partial charge on any atom is 0.317 e. The fraction of sp³-hybridized carbons (Fsp3) is 0.250. The van der Waals surface area contributed by atoms with Crippen LogP contribution in [0.25, 0.3) is 0 Å². The normalized spacial score (nSPS) is 8.90. The number of hydrogen-bond acceptors (Lipinski definition) is 2. The fourth-order valence-electron chi connectivity index (χ4n) is 0.587. The van der Waals surface area contributed by atoms with Crippen LogP contribution in [-0.2, 0) is 5.88 Å². The van der Waals surface area contributed by atoms with E-state index in [1.807, 2.05) is 0 Å². The minimum atomic E-state index is 0. The van der Waals surface area contributed by atoms with Crippen molar-refractivity contribution in [2.75, 3.05) is 11.7 Å². The van der Waals surface area contributed by atoms with Crippen LogP contribution in [-0.4, -0.2) is 4.68 Å². The highest BCUT2D eigenvalue weighted by Gasteiger charge is 2.09. The van der Waals surface area contributed by atoms with Crippen LogP contribution in [0.5, 0.6) is 0 Å². The average molecular weight is 183 g/mol. The first kappa shape index (κ1) is 9.39. The monoisotopic (exact) mass is 182 g/mol. The Hall–Kier alpha value is -0.610. The number of nitrogens with two attached hydrogens (primary N) is 2. The molecule has 0 aliphatic rings. The minimum absolute atomic E-state index is 0. The van der Waals surface area contributed by atoms with Crippen molar-refractivity contribution >= 4 is 11.6 Å². The molecule has 58 valence electrons. The van der Waals surface area contributed by atoms with Crippen molar-refractivity contribution in [3.8, 4) is 0 Å². The number of alkyl halides is 1. The lowest BCUT2D eigenvalue weighted by atomic mass is 10.7. The van der Waals surface area contributed by atoms with Crippen LogP contribution >= 0.6 is 11.6 Å². The van der Waals surface area contributed by atoms with Gasteiger partial charge in [0.15, 0.2) is 12.4 Å². The van der Waals surface area contributed by atoms with E-state index in [1.54, 1.807) is 12.4 Å². The molecular weight excluding hydrogens is 175 g/mol. The molecule has 1 aromatic heterocycles. The number of halogens is 2. The minimum Gasteiger partial charge on any atom is -1.00 e. The van der Waals surface area contributed by atoms with Gasteiger partial charge in [-0.2, -0.15) is 0 Å². The predicted octanol–water partition coefficient (Wildman–Crippen LogP) is -4.05. The predicted molar refractivity (Wildman–Crippen MR) is 34.5 cm³/mol. The largest absolute Gasteiger partial charge is 1.00 e. The van der Waals surface area contributed by atoms with E-state index in [0.717, 1.165) is 0 Å². The molecule has 0 bridgehead atoms. The topological polar surface area (TPSA) is 60.8 Å². The first-order valence-electron chi connectivity index (χ1n) is 2.43. The summed E-state index contributed by atoms with van der Waals surface area (Å²) >= 11 is 5.48. The van der Waals surface area contributed by atoms with Gasteiger partial charge in [-0.3, -0.25) is 11.7 Å². The van der Waals surface area contributed by atoms with Gasteiger partial charge in [-0.25, -0.2) is 0 Å². The van der Waals surface area contributed by atoms with Crippen LogP contribution < -0.4 is 28.8 Å². The van der Waals surface area contributed by atoms with Gasteiger partial charge < -0.3 is 12.4 Å². The van der Waals surface area contributed by atoms with E-state index < -0.39 is 0 Å². The van der Waals surface area contributed by atoms with Crippen molar-refractivity contribution in [3.63, 3.8) is 0 Å². The zero-order chi connectivity index (χ0) is 6.85. The van der Waals surface area contributed by atoms with Gasteiger partial charge in [0.1, 0.15) is 5.88 Å². The molecule has 1 aromatic rings. The van der Waals surface area contributed by atoms with Crippen LogP contribution in [0, 0.1) is 0 Å². The summed E-state index contributed by atoms with van der Waals surface area (Å²) in [5.74, 6) is 11.8. The lowest BCUT2D eigenvalue weighted by Crippen LogP contribution is -3.00. The Bertz CT molecular complexity index is 190. The summed E-state index contributed by atoms with van der Waals surface area (Å²) in [6.45, 7) is 0. The van der Waals surface area contributed by atoms with E-state index in [-0.39, 0.29) is 12.4 Å². The van der Waals surface area contributed by atoms with Crippen molar-refractivity contribution < 1.29 is 17.1 Å². The summed E-state index contributed by atoms with van der Waals surface area (Å²) in [5.41, 5.74) is 0. The zero-order valence-corrected chi connectivity index (χ0v) is 6.68. The summed E-state index contributed by atoms with van der Waals surface area (Å²) in [4.78, 5) is 0. The van der Waals surface area contributed by atoms with Gasteiger partial charge in [-0.1, -0.05) is 0 Å². The number of aromatic nitrogens is 2. The molecule has 0 fully saturated rings. The van der Waals surface area contributed by atoms with Gasteiger partial charge >= 0.3 is 5.82 Å². The van der Waals surface area contributed by atoms with Gasteiger partial charge in [0.25, 0.3) is 0 Å². The molecule has 1 heterocycles. The second-order valence-corrected chi connectivity index (χ2v) is 1.93. The van der Waals surface area contributed by atoms with E-state index in [1.165, 1.54) is 9.35 Å². The molecule has 6 heteroatoms. The summed E-state index contributed by atoms with van der Waals surface area (Å²) in [7, 11) is 0. The number of nitrogens with zero attached hydrogens (tertiary/aromatic N) is 2. The Labute approximate surface area is 69.7 Å². The maximum absolute atomic E-state index is 5.48. The molecule has 0 spiro atoms.